The summed E-state index contributed by atoms with van der Waals surface area (Å²) in [5.41, 5.74) is 0.864. The van der Waals surface area contributed by atoms with Crippen molar-refractivity contribution in [3.05, 3.63) is 30.3 Å². The van der Waals surface area contributed by atoms with Crippen LogP contribution in [0.25, 0.3) is 0 Å². The van der Waals surface area contributed by atoms with Gasteiger partial charge in [0.05, 0.1) is 10.6 Å². The van der Waals surface area contributed by atoms with Gasteiger partial charge in [-0.25, -0.2) is 0 Å². The summed E-state index contributed by atoms with van der Waals surface area (Å²) >= 11 is 1.67. The molecule has 1 aromatic carbocycles. The van der Waals surface area contributed by atoms with Crippen LogP contribution in [0.2, 0.25) is 0 Å². The van der Waals surface area contributed by atoms with Gasteiger partial charge in [-0.1, -0.05) is 18.2 Å². The molecule has 0 radical (unpaired) electrons. The van der Waals surface area contributed by atoms with Gasteiger partial charge in [0.1, 0.15) is 0 Å². The number of nitrogens with one attached hydrogen (secondary N) is 2. The van der Waals surface area contributed by atoms with Gasteiger partial charge in [-0.2, -0.15) is 0 Å². The number of rotatable bonds is 2. The second-order valence-electron chi connectivity index (χ2n) is 3.53. The van der Waals surface area contributed by atoms with Crippen molar-refractivity contribution in [3.8, 4) is 0 Å². The molecule has 0 aliphatic carbocycles. The van der Waals surface area contributed by atoms with Crippen LogP contribution in [0.4, 0.5) is 5.69 Å². The van der Waals surface area contributed by atoms with Gasteiger partial charge in [0.25, 0.3) is 0 Å². The van der Waals surface area contributed by atoms with Crippen molar-refractivity contribution in [2.24, 2.45) is 0 Å². The van der Waals surface area contributed by atoms with Gasteiger partial charge in [0.2, 0.25) is 5.91 Å². The lowest BCUT2D eigenvalue weighted by atomic mass is 10.3. The van der Waals surface area contributed by atoms with Crippen LogP contribution in [0.1, 0.15) is 6.92 Å². The molecule has 1 heterocycles. The molecule has 0 saturated carbocycles. The highest BCUT2D eigenvalue weighted by Gasteiger charge is 2.27. The molecule has 0 bridgehead atoms. The zero-order valence-corrected chi connectivity index (χ0v) is 9.38. The first-order valence-electron chi connectivity index (χ1n) is 5.00. The monoisotopic (exact) mass is 222 g/mol. The summed E-state index contributed by atoms with van der Waals surface area (Å²) in [4.78, 5) is 11.8. The Balaban J connectivity index is 1.93. The maximum Gasteiger partial charge on any atom is 0.238 e. The molecule has 2 atom stereocenters. The van der Waals surface area contributed by atoms with Gasteiger partial charge < -0.3 is 10.6 Å². The first-order valence-corrected chi connectivity index (χ1v) is 5.95. The molecule has 3 nitrogen and oxygen atoms in total. The lowest BCUT2D eigenvalue weighted by Crippen LogP contribution is -2.28. The van der Waals surface area contributed by atoms with E-state index in [0.29, 0.717) is 5.37 Å². The molecular weight excluding hydrogens is 208 g/mol. The first kappa shape index (κ1) is 10.5. The van der Waals surface area contributed by atoms with Crippen LogP contribution >= 0.6 is 11.8 Å². The zero-order valence-electron chi connectivity index (χ0n) is 8.57. The van der Waals surface area contributed by atoms with E-state index in [1.54, 1.807) is 11.8 Å². The molecule has 1 aromatic rings. The van der Waals surface area contributed by atoms with Gasteiger partial charge in [0.15, 0.2) is 0 Å². The summed E-state index contributed by atoms with van der Waals surface area (Å²) in [7, 11) is 0. The molecule has 2 N–H and O–H groups in total. The van der Waals surface area contributed by atoms with Gasteiger partial charge >= 0.3 is 0 Å². The van der Waals surface area contributed by atoms with Crippen molar-refractivity contribution in [2.45, 2.75) is 17.5 Å². The van der Waals surface area contributed by atoms with E-state index in [0.717, 1.165) is 12.2 Å². The molecule has 1 aliphatic rings. The summed E-state index contributed by atoms with van der Waals surface area (Å²) in [5, 5.41) is 6.54. The van der Waals surface area contributed by atoms with Crippen molar-refractivity contribution >= 4 is 23.4 Å². The summed E-state index contributed by atoms with van der Waals surface area (Å²) in [5.74, 6) is 0.0862. The van der Waals surface area contributed by atoms with Gasteiger partial charge in [-0.3, -0.25) is 4.79 Å². The maximum atomic E-state index is 11.8. The number of hydrogen-bond acceptors (Lipinski definition) is 3. The molecule has 2 rings (SSSR count). The fraction of sp³-hybridized carbons (Fsp3) is 0.364. The van der Waals surface area contributed by atoms with Crippen LogP contribution < -0.4 is 10.6 Å². The van der Waals surface area contributed by atoms with Gasteiger partial charge in [-0.15, -0.1) is 11.8 Å². The standard InChI is InChI=1S/C11H14N2OS/c1-8-12-7-10(15-8)11(14)13-9-5-3-2-4-6-9/h2-6,8,10,12H,7H2,1H3,(H,13,14)/t8-,10+/m0/s1. The molecule has 15 heavy (non-hydrogen) atoms. The number of carbonyl (C=O) groups is 1. The minimum absolute atomic E-state index is 0.0280. The van der Waals surface area contributed by atoms with E-state index in [2.05, 4.69) is 17.6 Å². The largest absolute Gasteiger partial charge is 0.325 e. The third kappa shape index (κ3) is 2.73. The molecule has 0 spiro atoms. The average Bonchev–Trinajstić information content (AvgIpc) is 2.66. The van der Waals surface area contributed by atoms with E-state index in [-0.39, 0.29) is 11.2 Å². The second kappa shape index (κ2) is 4.68. The Bertz CT molecular complexity index is 342. The van der Waals surface area contributed by atoms with E-state index < -0.39 is 0 Å². The second-order valence-corrected chi connectivity index (χ2v) is 5.08. The van der Waals surface area contributed by atoms with E-state index in [1.165, 1.54) is 0 Å². The Labute approximate surface area is 93.6 Å². The normalized spacial score (nSPS) is 25.1. The number of para-hydroxylation sites is 1. The Morgan fingerprint density at radius 2 is 2.20 bits per heavy atom. The molecule has 80 valence electrons. The molecule has 1 aliphatic heterocycles. The minimum Gasteiger partial charge on any atom is -0.325 e. The molecule has 0 aromatic heterocycles. The molecular formula is C11H14N2OS. The number of hydrogen-bond donors (Lipinski definition) is 2. The predicted molar refractivity (Wildman–Crippen MR) is 63.9 cm³/mol. The highest BCUT2D eigenvalue weighted by molar-refractivity contribution is 8.01. The number of thioether (sulfide) groups is 1. The van der Waals surface area contributed by atoms with Gasteiger partial charge in [0, 0.05) is 12.2 Å². The molecule has 1 amide bonds. The zero-order chi connectivity index (χ0) is 10.7. The van der Waals surface area contributed by atoms with Crippen molar-refractivity contribution in [2.75, 3.05) is 11.9 Å². The quantitative estimate of drug-likeness (QED) is 0.800. The fourth-order valence-corrected chi connectivity index (χ4v) is 2.57. The van der Waals surface area contributed by atoms with Crippen molar-refractivity contribution < 1.29 is 4.79 Å². The van der Waals surface area contributed by atoms with Crippen molar-refractivity contribution in [1.82, 2.24) is 5.32 Å². The molecule has 4 heteroatoms. The topological polar surface area (TPSA) is 41.1 Å². The SMILES string of the molecule is C[C@H]1NC[C@H](C(=O)Nc2ccccc2)S1. The molecule has 1 saturated heterocycles. The van der Waals surface area contributed by atoms with E-state index in [9.17, 15) is 4.79 Å². The maximum absolute atomic E-state index is 11.8. The third-order valence-electron chi connectivity index (χ3n) is 2.29. The highest BCUT2D eigenvalue weighted by Crippen LogP contribution is 2.22. The van der Waals surface area contributed by atoms with Crippen molar-refractivity contribution in [3.63, 3.8) is 0 Å². The lowest BCUT2D eigenvalue weighted by molar-refractivity contribution is -0.115. The number of amides is 1. The molecule has 1 fully saturated rings. The first-order chi connectivity index (χ1) is 7.25. The van der Waals surface area contributed by atoms with Crippen LogP contribution in [0.3, 0.4) is 0 Å². The van der Waals surface area contributed by atoms with E-state index in [4.69, 9.17) is 0 Å². The smallest absolute Gasteiger partial charge is 0.238 e. The number of anilines is 1. The number of benzene rings is 1. The Morgan fingerprint density at radius 1 is 1.47 bits per heavy atom. The number of carbonyl (C=O) groups excluding carboxylic acids is 1. The molecule has 0 unspecified atom stereocenters. The summed E-state index contributed by atoms with van der Waals surface area (Å²) in [6, 6.07) is 9.56. The summed E-state index contributed by atoms with van der Waals surface area (Å²) in [6.07, 6.45) is 0. The van der Waals surface area contributed by atoms with Crippen molar-refractivity contribution in [1.29, 1.82) is 0 Å². The third-order valence-corrected chi connectivity index (χ3v) is 3.58. The highest BCUT2D eigenvalue weighted by atomic mass is 32.2. The van der Waals surface area contributed by atoms with Crippen LogP contribution in [0.5, 0.6) is 0 Å². The van der Waals surface area contributed by atoms with Crippen LogP contribution in [0, 0.1) is 0 Å². The summed E-state index contributed by atoms with van der Waals surface area (Å²) < 4.78 is 0. The minimum atomic E-state index is 0.0280. The van der Waals surface area contributed by atoms with Crippen LogP contribution in [0.15, 0.2) is 30.3 Å². The van der Waals surface area contributed by atoms with Crippen LogP contribution in [-0.2, 0) is 4.79 Å². The average molecular weight is 222 g/mol. The Kier molecular flexibility index (Phi) is 3.28. The van der Waals surface area contributed by atoms with E-state index >= 15 is 0 Å². The van der Waals surface area contributed by atoms with E-state index in [1.807, 2.05) is 30.3 Å². The fourth-order valence-electron chi connectivity index (χ4n) is 1.51. The summed E-state index contributed by atoms with van der Waals surface area (Å²) in [6.45, 7) is 2.82. The lowest BCUT2D eigenvalue weighted by Gasteiger charge is -2.09. The Hall–Kier alpha value is -1.00. The van der Waals surface area contributed by atoms with Crippen LogP contribution in [-0.4, -0.2) is 23.1 Å². The van der Waals surface area contributed by atoms with Gasteiger partial charge in [-0.05, 0) is 19.1 Å². The Morgan fingerprint density at radius 3 is 2.80 bits per heavy atom. The predicted octanol–water partition coefficient (Wildman–Crippen LogP) is 1.68.